The fraction of sp³-hybridized carbons (Fsp3) is 0.389. The van der Waals surface area contributed by atoms with Crippen molar-refractivity contribution < 1.29 is 13.9 Å². The van der Waals surface area contributed by atoms with Gasteiger partial charge in [0.15, 0.2) is 0 Å². The maximum absolute atomic E-state index is 13.4. The van der Waals surface area contributed by atoms with Gasteiger partial charge < -0.3 is 19.9 Å². The SMILES string of the molecule is COc1nn(C)c(C)c1NC(=O)N1CCCC1c1nc2ccc(F)cc2[nH]1. The van der Waals surface area contributed by atoms with E-state index in [0.717, 1.165) is 18.5 Å². The van der Waals surface area contributed by atoms with Crippen molar-refractivity contribution in [2.45, 2.75) is 25.8 Å². The molecule has 1 aromatic carbocycles. The molecule has 8 nitrogen and oxygen atoms in total. The summed E-state index contributed by atoms with van der Waals surface area (Å²) >= 11 is 0. The summed E-state index contributed by atoms with van der Waals surface area (Å²) in [5, 5.41) is 7.14. The van der Waals surface area contributed by atoms with Gasteiger partial charge in [-0.1, -0.05) is 0 Å². The Balaban J connectivity index is 1.60. The lowest BCUT2D eigenvalue weighted by molar-refractivity contribution is 0.205. The number of fused-ring (bicyclic) bond motifs is 1. The van der Waals surface area contributed by atoms with Gasteiger partial charge in [-0.25, -0.2) is 14.2 Å². The molecule has 0 aliphatic carbocycles. The highest BCUT2D eigenvalue weighted by Crippen LogP contribution is 2.33. The number of aryl methyl sites for hydroxylation is 1. The van der Waals surface area contributed by atoms with Crippen molar-refractivity contribution in [3.8, 4) is 5.88 Å². The van der Waals surface area contributed by atoms with E-state index >= 15 is 0 Å². The molecule has 2 amide bonds. The summed E-state index contributed by atoms with van der Waals surface area (Å²) in [6.07, 6.45) is 1.66. The summed E-state index contributed by atoms with van der Waals surface area (Å²) in [6, 6.07) is 3.99. The van der Waals surface area contributed by atoms with Gasteiger partial charge in [-0.05, 0) is 38.0 Å². The quantitative estimate of drug-likeness (QED) is 0.739. The van der Waals surface area contributed by atoms with E-state index in [-0.39, 0.29) is 17.9 Å². The lowest BCUT2D eigenvalue weighted by atomic mass is 10.2. The number of carbonyl (C=O) groups excluding carboxylic acids is 1. The van der Waals surface area contributed by atoms with E-state index in [1.165, 1.54) is 19.2 Å². The number of methoxy groups -OCH3 is 1. The van der Waals surface area contributed by atoms with Crippen molar-refractivity contribution in [3.05, 3.63) is 35.5 Å². The largest absolute Gasteiger partial charge is 0.478 e. The van der Waals surface area contributed by atoms with Crippen LogP contribution < -0.4 is 10.1 Å². The van der Waals surface area contributed by atoms with Gasteiger partial charge in [0.2, 0.25) is 0 Å². The van der Waals surface area contributed by atoms with E-state index in [9.17, 15) is 9.18 Å². The van der Waals surface area contributed by atoms with Crippen LogP contribution >= 0.6 is 0 Å². The maximum Gasteiger partial charge on any atom is 0.322 e. The Bertz CT molecular complexity index is 1010. The van der Waals surface area contributed by atoms with Gasteiger partial charge in [-0.15, -0.1) is 5.10 Å². The zero-order valence-corrected chi connectivity index (χ0v) is 15.4. The number of amides is 2. The van der Waals surface area contributed by atoms with Gasteiger partial charge in [0.25, 0.3) is 5.88 Å². The van der Waals surface area contributed by atoms with Crippen LogP contribution in [0.1, 0.15) is 30.4 Å². The zero-order valence-electron chi connectivity index (χ0n) is 15.4. The van der Waals surface area contributed by atoms with Crippen LogP contribution in [0.4, 0.5) is 14.9 Å². The Hall–Kier alpha value is -3.10. The van der Waals surface area contributed by atoms with Gasteiger partial charge in [0.1, 0.15) is 17.3 Å². The number of halogens is 1. The molecule has 0 bridgehead atoms. The second kappa shape index (κ2) is 6.57. The summed E-state index contributed by atoms with van der Waals surface area (Å²) < 4.78 is 20.3. The minimum Gasteiger partial charge on any atom is -0.478 e. The van der Waals surface area contributed by atoms with Crippen molar-refractivity contribution in [1.82, 2.24) is 24.6 Å². The van der Waals surface area contributed by atoms with E-state index in [0.29, 0.717) is 35.0 Å². The molecule has 2 aromatic heterocycles. The molecular weight excluding hydrogens is 351 g/mol. The van der Waals surface area contributed by atoms with Crippen molar-refractivity contribution in [1.29, 1.82) is 0 Å². The average Bonchev–Trinajstić information content (AvgIpc) is 3.34. The monoisotopic (exact) mass is 372 g/mol. The van der Waals surface area contributed by atoms with Crippen molar-refractivity contribution >= 4 is 22.8 Å². The van der Waals surface area contributed by atoms with Gasteiger partial charge in [0.05, 0.1) is 29.9 Å². The molecule has 0 saturated carbocycles. The first-order valence-electron chi connectivity index (χ1n) is 8.78. The lowest BCUT2D eigenvalue weighted by Gasteiger charge is -2.23. The Morgan fingerprint density at radius 2 is 2.26 bits per heavy atom. The van der Waals surface area contributed by atoms with Gasteiger partial charge >= 0.3 is 6.03 Å². The highest BCUT2D eigenvalue weighted by Gasteiger charge is 2.33. The number of likely N-dealkylation sites (tertiary alicyclic amines) is 1. The number of hydrogen-bond donors (Lipinski definition) is 2. The minimum atomic E-state index is -0.321. The molecule has 1 fully saturated rings. The van der Waals surface area contributed by atoms with Crippen LogP contribution in [-0.2, 0) is 7.05 Å². The highest BCUT2D eigenvalue weighted by atomic mass is 19.1. The van der Waals surface area contributed by atoms with E-state index in [1.807, 2.05) is 6.92 Å². The molecule has 3 heterocycles. The van der Waals surface area contributed by atoms with Crippen LogP contribution in [0.5, 0.6) is 5.88 Å². The van der Waals surface area contributed by atoms with Crippen LogP contribution in [0.15, 0.2) is 18.2 Å². The molecule has 2 N–H and O–H groups in total. The minimum absolute atomic E-state index is 0.191. The van der Waals surface area contributed by atoms with E-state index in [2.05, 4.69) is 20.4 Å². The molecule has 1 unspecified atom stereocenters. The number of carbonyl (C=O) groups is 1. The molecule has 27 heavy (non-hydrogen) atoms. The Kier molecular flexibility index (Phi) is 4.21. The second-order valence-electron chi connectivity index (χ2n) is 6.66. The molecular formula is C18H21FN6O2. The van der Waals surface area contributed by atoms with E-state index < -0.39 is 0 Å². The number of benzene rings is 1. The number of nitrogens with zero attached hydrogens (tertiary/aromatic N) is 4. The van der Waals surface area contributed by atoms with Gasteiger partial charge in [-0.2, -0.15) is 0 Å². The first-order valence-corrected chi connectivity index (χ1v) is 8.78. The number of urea groups is 1. The fourth-order valence-corrected chi connectivity index (χ4v) is 3.50. The van der Waals surface area contributed by atoms with Crippen LogP contribution in [-0.4, -0.2) is 44.3 Å². The maximum atomic E-state index is 13.4. The summed E-state index contributed by atoms with van der Waals surface area (Å²) in [7, 11) is 3.31. The summed E-state index contributed by atoms with van der Waals surface area (Å²) in [6.45, 7) is 2.48. The highest BCUT2D eigenvalue weighted by molar-refractivity contribution is 5.92. The molecule has 1 aliphatic rings. The molecule has 1 aliphatic heterocycles. The molecule has 0 spiro atoms. The topological polar surface area (TPSA) is 88.1 Å². The molecule has 1 saturated heterocycles. The van der Waals surface area contributed by atoms with Crippen LogP contribution in [0.2, 0.25) is 0 Å². The van der Waals surface area contributed by atoms with Crippen molar-refractivity contribution in [2.24, 2.45) is 7.05 Å². The third-order valence-electron chi connectivity index (χ3n) is 5.02. The number of H-pyrrole nitrogens is 1. The normalized spacial score (nSPS) is 16.9. The smallest absolute Gasteiger partial charge is 0.322 e. The Morgan fingerprint density at radius 1 is 1.44 bits per heavy atom. The number of rotatable bonds is 3. The van der Waals surface area contributed by atoms with Crippen LogP contribution in [0.25, 0.3) is 11.0 Å². The third kappa shape index (κ3) is 2.98. The lowest BCUT2D eigenvalue weighted by Crippen LogP contribution is -2.35. The molecule has 142 valence electrons. The molecule has 1 atom stereocenters. The van der Waals surface area contributed by atoms with E-state index in [4.69, 9.17) is 4.74 Å². The summed E-state index contributed by atoms with van der Waals surface area (Å²) in [4.78, 5) is 22.4. The zero-order chi connectivity index (χ0) is 19.1. The number of aromatic amines is 1. The predicted octanol–water partition coefficient (Wildman–Crippen LogP) is 3.12. The van der Waals surface area contributed by atoms with E-state index in [1.54, 1.807) is 22.7 Å². The Labute approximate surface area is 155 Å². The van der Waals surface area contributed by atoms with Crippen LogP contribution in [0, 0.1) is 12.7 Å². The summed E-state index contributed by atoms with van der Waals surface area (Å²) in [5.74, 6) is 0.717. The number of imidazole rings is 1. The Morgan fingerprint density at radius 3 is 3.04 bits per heavy atom. The molecule has 4 rings (SSSR count). The second-order valence-corrected chi connectivity index (χ2v) is 6.66. The number of hydrogen-bond acceptors (Lipinski definition) is 4. The van der Waals surface area contributed by atoms with Crippen molar-refractivity contribution in [3.63, 3.8) is 0 Å². The number of ether oxygens (including phenoxy) is 1. The van der Waals surface area contributed by atoms with Crippen LogP contribution in [0.3, 0.4) is 0 Å². The average molecular weight is 372 g/mol. The summed E-state index contributed by atoms with van der Waals surface area (Å²) in [5.41, 5.74) is 2.67. The molecule has 3 aromatic rings. The fourth-order valence-electron chi connectivity index (χ4n) is 3.50. The third-order valence-corrected chi connectivity index (χ3v) is 5.02. The first kappa shape index (κ1) is 17.3. The van der Waals surface area contributed by atoms with Gasteiger partial charge in [0, 0.05) is 13.6 Å². The molecule has 9 heteroatoms. The van der Waals surface area contributed by atoms with Crippen molar-refractivity contribution in [2.75, 3.05) is 19.0 Å². The first-order chi connectivity index (χ1) is 13.0. The predicted molar refractivity (Wildman–Crippen MR) is 98.2 cm³/mol. The molecule has 0 radical (unpaired) electrons. The number of anilines is 1. The standard InChI is InChI=1S/C18H21FN6O2/c1-10-15(17(27-3)23-24(10)2)22-18(26)25-8-4-5-14(25)16-20-12-7-6-11(19)9-13(12)21-16/h6-7,9,14H,4-5,8H2,1-3H3,(H,20,21)(H,22,26). The number of nitrogens with one attached hydrogen (secondary N) is 2. The number of aromatic nitrogens is 4. The van der Waals surface area contributed by atoms with Gasteiger partial charge in [-0.3, -0.25) is 4.68 Å².